The zero-order valence-corrected chi connectivity index (χ0v) is 12.4. The Morgan fingerprint density at radius 1 is 1.32 bits per heavy atom. The van der Waals surface area contributed by atoms with Gasteiger partial charge in [-0.25, -0.2) is 0 Å². The second-order valence-corrected chi connectivity index (χ2v) is 5.52. The van der Waals surface area contributed by atoms with Gasteiger partial charge in [-0.3, -0.25) is 0 Å². The quantitative estimate of drug-likeness (QED) is 0.594. The van der Waals surface area contributed by atoms with Crippen LogP contribution in [0, 0.1) is 6.92 Å². The molecule has 0 heteroatoms. The van der Waals surface area contributed by atoms with Crippen LogP contribution in [-0.2, 0) is 0 Å². The predicted octanol–water partition coefficient (Wildman–Crippen LogP) is 5.80. The summed E-state index contributed by atoms with van der Waals surface area (Å²) < 4.78 is 0. The first kappa shape index (κ1) is 13.9. The smallest absolute Gasteiger partial charge is 0.0144 e. The number of aryl methyl sites for hydroxylation is 1. The highest BCUT2D eigenvalue weighted by atomic mass is 14.3. The van der Waals surface area contributed by atoms with Gasteiger partial charge in [0, 0.05) is 0 Å². The molecular weight excluding hydrogens is 228 g/mol. The second kappa shape index (κ2) is 6.06. The van der Waals surface area contributed by atoms with Crippen molar-refractivity contribution in [3.63, 3.8) is 0 Å². The van der Waals surface area contributed by atoms with Crippen molar-refractivity contribution < 1.29 is 0 Å². The minimum atomic E-state index is 0.758. The van der Waals surface area contributed by atoms with Crippen molar-refractivity contribution >= 4 is 5.57 Å². The van der Waals surface area contributed by atoms with E-state index in [0.29, 0.717) is 0 Å². The van der Waals surface area contributed by atoms with Gasteiger partial charge in [0.15, 0.2) is 0 Å². The molecule has 0 aliphatic heterocycles. The van der Waals surface area contributed by atoms with E-state index in [1.807, 2.05) is 6.08 Å². The topological polar surface area (TPSA) is 0 Å². The fourth-order valence-corrected chi connectivity index (χ4v) is 2.69. The lowest BCUT2D eigenvalue weighted by atomic mass is 9.76. The van der Waals surface area contributed by atoms with Gasteiger partial charge in [0.25, 0.3) is 0 Å². The summed E-state index contributed by atoms with van der Waals surface area (Å²) in [6.45, 7) is 10.3. The van der Waals surface area contributed by atoms with E-state index < -0.39 is 0 Å². The standard InChI is InChI=1S/C19H24/c1-5-8-17(15(4)6-2)19-13-14(3)11-12-18(19)16-9-7-10-16/h5-6,8,11-13,16H,2,7,9-10H2,1,3-4H3/b8-5-,17-15+. The van der Waals surface area contributed by atoms with Crippen LogP contribution in [0.25, 0.3) is 5.57 Å². The molecule has 1 aliphatic carbocycles. The van der Waals surface area contributed by atoms with E-state index in [-0.39, 0.29) is 0 Å². The number of hydrogen-bond donors (Lipinski definition) is 0. The highest BCUT2D eigenvalue weighted by Crippen LogP contribution is 2.40. The summed E-state index contributed by atoms with van der Waals surface area (Å²) in [5.41, 5.74) is 6.83. The molecule has 1 aromatic rings. The Kier molecular flexibility index (Phi) is 4.42. The predicted molar refractivity (Wildman–Crippen MR) is 85.4 cm³/mol. The fourth-order valence-electron chi connectivity index (χ4n) is 2.69. The van der Waals surface area contributed by atoms with Gasteiger partial charge in [-0.1, -0.05) is 55.0 Å². The molecule has 0 spiro atoms. The maximum Gasteiger partial charge on any atom is -0.0144 e. The molecule has 2 rings (SSSR count). The molecule has 0 saturated heterocycles. The van der Waals surface area contributed by atoms with Gasteiger partial charge in [0.05, 0.1) is 0 Å². The monoisotopic (exact) mass is 252 g/mol. The number of allylic oxidation sites excluding steroid dienone is 5. The van der Waals surface area contributed by atoms with Crippen LogP contribution in [0.2, 0.25) is 0 Å². The van der Waals surface area contributed by atoms with Crippen LogP contribution in [-0.4, -0.2) is 0 Å². The lowest BCUT2D eigenvalue weighted by molar-refractivity contribution is 0.419. The average molecular weight is 252 g/mol. The van der Waals surface area contributed by atoms with Crippen molar-refractivity contribution in [3.8, 4) is 0 Å². The summed E-state index contributed by atoms with van der Waals surface area (Å²) in [5, 5.41) is 0. The number of rotatable bonds is 4. The molecule has 0 radical (unpaired) electrons. The van der Waals surface area contributed by atoms with E-state index in [1.165, 1.54) is 47.1 Å². The second-order valence-electron chi connectivity index (χ2n) is 5.52. The molecular formula is C19H24. The van der Waals surface area contributed by atoms with Crippen molar-refractivity contribution in [2.24, 2.45) is 0 Å². The van der Waals surface area contributed by atoms with Gasteiger partial charge < -0.3 is 0 Å². The van der Waals surface area contributed by atoms with Crippen LogP contribution < -0.4 is 0 Å². The molecule has 0 aromatic heterocycles. The van der Waals surface area contributed by atoms with Gasteiger partial charge in [-0.05, 0) is 61.8 Å². The summed E-state index contributed by atoms with van der Waals surface area (Å²) in [6.07, 6.45) is 10.4. The average Bonchev–Trinajstić information content (AvgIpc) is 2.35. The van der Waals surface area contributed by atoms with E-state index in [0.717, 1.165) is 5.92 Å². The van der Waals surface area contributed by atoms with Gasteiger partial charge in [0.1, 0.15) is 0 Å². The third-order valence-electron chi connectivity index (χ3n) is 4.11. The molecule has 0 amide bonds. The Hall–Kier alpha value is -1.56. The first-order valence-corrected chi connectivity index (χ1v) is 7.24. The largest absolute Gasteiger partial charge is 0.0988 e. The molecule has 100 valence electrons. The van der Waals surface area contributed by atoms with E-state index >= 15 is 0 Å². The van der Waals surface area contributed by atoms with Crippen molar-refractivity contribution in [3.05, 3.63) is 65.3 Å². The lowest BCUT2D eigenvalue weighted by Crippen LogP contribution is -2.11. The third kappa shape index (κ3) is 2.89. The highest BCUT2D eigenvalue weighted by molar-refractivity contribution is 5.80. The SMILES string of the molecule is C=C/C(C)=C(\C=C/C)c1cc(C)ccc1C1CCC1. The maximum absolute atomic E-state index is 3.93. The Morgan fingerprint density at radius 3 is 2.58 bits per heavy atom. The first-order valence-electron chi connectivity index (χ1n) is 7.24. The molecule has 1 saturated carbocycles. The normalized spacial score (nSPS) is 17.2. The van der Waals surface area contributed by atoms with Crippen molar-refractivity contribution in [2.45, 2.75) is 46.0 Å². The van der Waals surface area contributed by atoms with Crippen LogP contribution in [0.4, 0.5) is 0 Å². The molecule has 0 nitrogen and oxygen atoms in total. The van der Waals surface area contributed by atoms with Crippen molar-refractivity contribution in [1.82, 2.24) is 0 Å². The Labute approximate surface area is 117 Å². The fraction of sp³-hybridized carbons (Fsp3) is 0.368. The van der Waals surface area contributed by atoms with Gasteiger partial charge in [-0.15, -0.1) is 0 Å². The maximum atomic E-state index is 3.93. The summed E-state index contributed by atoms with van der Waals surface area (Å²) in [5.74, 6) is 0.758. The van der Waals surface area contributed by atoms with E-state index in [9.17, 15) is 0 Å². The van der Waals surface area contributed by atoms with Crippen LogP contribution in [0.15, 0.2) is 48.6 Å². The molecule has 1 aromatic carbocycles. The zero-order valence-electron chi connectivity index (χ0n) is 12.4. The Bertz CT molecular complexity index is 525. The molecule has 0 N–H and O–H groups in total. The molecule has 0 bridgehead atoms. The van der Waals surface area contributed by atoms with Crippen LogP contribution in [0.5, 0.6) is 0 Å². The number of benzene rings is 1. The Balaban J connectivity index is 2.57. The molecule has 0 atom stereocenters. The van der Waals surface area contributed by atoms with Crippen molar-refractivity contribution in [1.29, 1.82) is 0 Å². The van der Waals surface area contributed by atoms with Crippen LogP contribution >= 0.6 is 0 Å². The minimum Gasteiger partial charge on any atom is -0.0988 e. The highest BCUT2D eigenvalue weighted by Gasteiger charge is 2.23. The molecule has 0 heterocycles. The van der Waals surface area contributed by atoms with Gasteiger partial charge in [0.2, 0.25) is 0 Å². The summed E-state index contributed by atoms with van der Waals surface area (Å²) >= 11 is 0. The molecule has 1 fully saturated rings. The summed E-state index contributed by atoms with van der Waals surface area (Å²) in [4.78, 5) is 0. The van der Waals surface area contributed by atoms with Crippen LogP contribution in [0.1, 0.15) is 55.7 Å². The molecule has 0 unspecified atom stereocenters. The molecule has 19 heavy (non-hydrogen) atoms. The third-order valence-corrected chi connectivity index (χ3v) is 4.11. The van der Waals surface area contributed by atoms with E-state index in [1.54, 1.807) is 0 Å². The van der Waals surface area contributed by atoms with Crippen molar-refractivity contribution in [2.75, 3.05) is 0 Å². The van der Waals surface area contributed by atoms with E-state index in [2.05, 4.69) is 57.7 Å². The number of hydrogen-bond acceptors (Lipinski definition) is 0. The summed E-state index contributed by atoms with van der Waals surface area (Å²) in [6, 6.07) is 6.90. The van der Waals surface area contributed by atoms with Crippen LogP contribution in [0.3, 0.4) is 0 Å². The first-order chi connectivity index (χ1) is 9.17. The molecule has 1 aliphatic rings. The zero-order chi connectivity index (χ0) is 13.8. The lowest BCUT2D eigenvalue weighted by Gasteiger charge is -2.29. The van der Waals surface area contributed by atoms with Gasteiger partial charge >= 0.3 is 0 Å². The van der Waals surface area contributed by atoms with E-state index in [4.69, 9.17) is 0 Å². The van der Waals surface area contributed by atoms with Gasteiger partial charge in [-0.2, -0.15) is 0 Å². The summed E-state index contributed by atoms with van der Waals surface area (Å²) in [7, 11) is 0. The Morgan fingerprint density at radius 2 is 2.05 bits per heavy atom. The minimum absolute atomic E-state index is 0.758.